The van der Waals surface area contributed by atoms with Gasteiger partial charge in [-0.15, -0.1) is 0 Å². The first-order chi connectivity index (χ1) is 11.4. The molecule has 126 valence electrons. The Kier molecular flexibility index (Phi) is 3.96. The number of anilines is 2. The Balaban J connectivity index is 2.01. The van der Waals surface area contributed by atoms with Crippen molar-refractivity contribution in [3.8, 4) is 0 Å². The standard InChI is InChI=1S/C16H19N5O3/c1-9-12(10(2)24-19-9)8-21-13-5-11(16(23)20(3)4)6-17-15(13)18-7-14(21)22/h5-6H,7-8H2,1-4H3,(H,17,18). The van der Waals surface area contributed by atoms with Crippen molar-refractivity contribution in [1.82, 2.24) is 15.0 Å². The zero-order valence-electron chi connectivity index (χ0n) is 14.1. The van der Waals surface area contributed by atoms with Crippen molar-refractivity contribution in [2.45, 2.75) is 20.4 Å². The van der Waals surface area contributed by atoms with Crippen LogP contribution in [0.4, 0.5) is 11.5 Å². The van der Waals surface area contributed by atoms with Crippen molar-refractivity contribution in [3.63, 3.8) is 0 Å². The summed E-state index contributed by atoms with van der Waals surface area (Å²) in [6.45, 7) is 4.14. The first-order valence-corrected chi connectivity index (χ1v) is 7.56. The van der Waals surface area contributed by atoms with E-state index in [1.54, 1.807) is 25.1 Å². The minimum atomic E-state index is -0.166. The molecule has 0 unspecified atom stereocenters. The normalized spacial score (nSPS) is 13.5. The number of pyridine rings is 1. The highest BCUT2D eigenvalue weighted by molar-refractivity contribution is 6.04. The highest BCUT2D eigenvalue weighted by Crippen LogP contribution is 2.31. The Morgan fingerprint density at radius 2 is 2.17 bits per heavy atom. The fraction of sp³-hybridized carbons (Fsp3) is 0.375. The lowest BCUT2D eigenvalue weighted by molar-refractivity contribution is -0.117. The number of fused-ring (bicyclic) bond motifs is 1. The van der Waals surface area contributed by atoms with Crippen LogP contribution in [-0.4, -0.2) is 47.5 Å². The van der Waals surface area contributed by atoms with Gasteiger partial charge in [0.25, 0.3) is 5.91 Å². The summed E-state index contributed by atoms with van der Waals surface area (Å²) in [6.07, 6.45) is 1.51. The number of aryl methyl sites for hydroxylation is 2. The molecule has 8 nitrogen and oxygen atoms in total. The zero-order valence-corrected chi connectivity index (χ0v) is 14.1. The maximum absolute atomic E-state index is 12.4. The fourth-order valence-electron chi connectivity index (χ4n) is 2.62. The SMILES string of the molecule is Cc1noc(C)c1CN1C(=O)CNc2ncc(C(=O)N(C)C)cc21. The van der Waals surface area contributed by atoms with Gasteiger partial charge in [0.05, 0.1) is 30.0 Å². The van der Waals surface area contributed by atoms with Gasteiger partial charge in [-0.3, -0.25) is 9.59 Å². The van der Waals surface area contributed by atoms with Gasteiger partial charge in [0.2, 0.25) is 5.91 Å². The quantitative estimate of drug-likeness (QED) is 0.914. The molecular formula is C16H19N5O3. The van der Waals surface area contributed by atoms with E-state index < -0.39 is 0 Å². The first-order valence-electron chi connectivity index (χ1n) is 7.56. The molecule has 0 fully saturated rings. The van der Waals surface area contributed by atoms with E-state index in [1.807, 2.05) is 13.8 Å². The summed E-state index contributed by atoms with van der Waals surface area (Å²) in [5, 5.41) is 6.91. The molecule has 1 N–H and O–H groups in total. The molecule has 3 rings (SSSR count). The summed E-state index contributed by atoms with van der Waals surface area (Å²) in [5.41, 5.74) is 2.62. The van der Waals surface area contributed by atoms with E-state index in [-0.39, 0.29) is 18.4 Å². The average Bonchev–Trinajstić information content (AvgIpc) is 2.87. The van der Waals surface area contributed by atoms with Gasteiger partial charge < -0.3 is 19.6 Å². The molecule has 0 atom stereocenters. The molecule has 0 saturated heterocycles. The molecular weight excluding hydrogens is 310 g/mol. The van der Waals surface area contributed by atoms with E-state index in [0.29, 0.717) is 29.4 Å². The van der Waals surface area contributed by atoms with E-state index in [9.17, 15) is 9.59 Å². The summed E-state index contributed by atoms with van der Waals surface area (Å²) >= 11 is 0. The Morgan fingerprint density at radius 3 is 2.79 bits per heavy atom. The van der Waals surface area contributed by atoms with Gasteiger partial charge in [0, 0.05) is 25.9 Å². The first kappa shape index (κ1) is 16.0. The summed E-state index contributed by atoms with van der Waals surface area (Å²) in [5.74, 6) is 0.991. The lowest BCUT2D eigenvalue weighted by Crippen LogP contribution is -2.40. The largest absolute Gasteiger partial charge is 0.361 e. The Morgan fingerprint density at radius 1 is 1.42 bits per heavy atom. The molecule has 3 heterocycles. The van der Waals surface area contributed by atoms with Crippen LogP contribution in [0.15, 0.2) is 16.8 Å². The van der Waals surface area contributed by atoms with Gasteiger partial charge in [0.15, 0.2) is 5.82 Å². The van der Waals surface area contributed by atoms with Gasteiger partial charge in [-0.25, -0.2) is 4.98 Å². The van der Waals surface area contributed by atoms with E-state index in [4.69, 9.17) is 4.52 Å². The molecule has 0 radical (unpaired) electrons. The molecule has 2 amide bonds. The number of nitrogens with zero attached hydrogens (tertiary/aromatic N) is 4. The summed E-state index contributed by atoms with van der Waals surface area (Å²) in [6, 6.07) is 1.69. The number of hydrogen-bond acceptors (Lipinski definition) is 6. The van der Waals surface area contributed by atoms with Gasteiger partial charge in [0.1, 0.15) is 5.76 Å². The number of nitrogens with one attached hydrogen (secondary N) is 1. The minimum Gasteiger partial charge on any atom is -0.361 e. The number of aromatic nitrogens is 2. The molecule has 8 heteroatoms. The highest BCUT2D eigenvalue weighted by Gasteiger charge is 2.28. The number of amides is 2. The van der Waals surface area contributed by atoms with E-state index in [2.05, 4.69) is 15.5 Å². The number of rotatable bonds is 3. The highest BCUT2D eigenvalue weighted by atomic mass is 16.5. The van der Waals surface area contributed by atoms with Gasteiger partial charge in [-0.05, 0) is 19.9 Å². The zero-order chi connectivity index (χ0) is 17.4. The predicted octanol–water partition coefficient (Wildman–Crippen LogP) is 1.35. The summed E-state index contributed by atoms with van der Waals surface area (Å²) < 4.78 is 5.17. The molecule has 0 bridgehead atoms. The maximum Gasteiger partial charge on any atom is 0.254 e. The van der Waals surface area contributed by atoms with Crippen LogP contribution in [-0.2, 0) is 11.3 Å². The molecule has 0 saturated carbocycles. The number of carbonyl (C=O) groups excluding carboxylic acids is 2. The van der Waals surface area contributed by atoms with Crippen molar-refractivity contribution < 1.29 is 14.1 Å². The third-order valence-corrected chi connectivity index (χ3v) is 4.02. The molecule has 24 heavy (non-hydrogen) atoms. The van der Waals surface area contributed by atoms with Crippen LogP contribution >= 0.6 is 0 Å². The van der Waals surface area contributed by atoms with Crippen LogP contribution in [0.2, 0.25) is 0 Å². The number of hydrogen-bond donors (Lipinski definition) is 1. The fourth-order valence-corrected chi connectivity index (χ4v) is 2.62. The predicted molar refractivity (Wildman–Crippen MR) is 87.9 cm³/mol. The van der Waals surface area contributed by atoms with Gasteiger partial charge >= 0.3 is 0 Å². The second-order valence-corrected chi connectivity index (χ2v) is 5.93. The second-order valence-electron chi connectivity index (χ2n) is 5.93. The van der Waals surface area contributed by atoms with Crippen LogP contribution in [0.25, 0.3) is 0 Å². The molecule has 1 aliphatic heterocycles. The lowest BCUT2D eigenvalue weighted by atomic mass is 10.1. The van der Waals surface area contributed by atoms with E-state index in [0.717, 1.165) is 11.3 Å². The van der Waals surface area contributed by atoms with E-state index in [1.165, 1.54) is 11.1 Å². The summed E-state index contributed by atoms with van der Waals surface area (Å²) in [4.78, 5) is 32.0. The Labute approximate surface area is 139 Å². The minimum absolute atomic E-state index is 0.0984. The monoisotopic (exact) mass is 329 g/mol. The Hall–Kier alpha value is -2.90. The topological polar surface area (TPSA) is 91.6 Å². The molecule has 0 aromatic carbocycles. The van der Waals surface area contributed by atoms with Crippen molar-refractivity contribution >= 4 is 23.3 Å². The number of carbonyl (C=O) groups is 2. The third kappa shape index (κ3) is 2.70. The third-order valence-electron chi connectivity index (χ3n) is 4.02. The van der Waals surface area contributed by atoms with Gasteiger partial charge in [-0.2, -0.15) is 0 Å². The second kappa shape index (κ2) is 5.95. The van der Waals surface area contributed by atoms with Crippen molar-refractivity contribution in [3.05, 3.63) is 34.8 Å². The van der Waals surface area contributed by atoms with Crippen LogP contribution in [0.1, 0.15) is 27.4 Å². The van der Waals surface area contributed by atoms with Crippen molar-refractivity contribution in [2.75, 3.05) is 30.9 Å². The summed E-state index contributed by atoms with van der Waals surface area (Å²) in [7, 11) is 3.35. The molecule has 1 aliphatic rings. The van der Waals surface area contributed by atoms with E-state index >= 15 is 0 Å². The lowest BCUT2D eigenvalue weighted by Gasteiger charge is -2.29. The van der Waals surface area contributed by atoms with Gasteiger partial charge in [-0.1, -0.05) is 5.16 Å². The molecule has 0 spiro atoms. The average molecular weight is 329 g/mol. The van der Waals surface area contributed by atoms with Crippen LogP contribution < -0.4 is 10.2 Å². The van der Waals surface area contributed by atoms with Crippen LogP contribution in [0, 0.1) is 13.8 Å². The van der Waals surface area contributed by atoms with Crippen molar-refractivity contribution in [1.29, 1.82) is 0 Å². The van der Waals surface area contributed by atoms with Crippen molar-refractivity contribution in [2.24, 2.45) is 0 Å². The maximum atomic E-state index is 12.4. The molecule has 0 aliphatic carbocycles. The van der Waals surface area contributed by atoms with Crippen LogP contribution in [0.5, 0.6) is 0 Å². The molecule has 2 aromatic heterocycles. The Bertz CT molecular complexity index is 793. The smallest absolute Gasteiger partial charge is 0.254 e. The van der Waals surface area contributed by atoms with Crippen LogP contribution in [0.3, 0.4) is 0 Å². The molecule has 2 aromatic rings.